The smallest absolute Gasteiger partial charge is 0.161 e. The number of aliphatic hydroxyl groups excluding tert-OH is 1. The van der Waals surface area contributed by atoms with E-state index >= 15 is 0 Å². The zero-order chi connectivity index (χ0) is 13.2. The lowest BCUT2D eigenvalue weighted by Crippen LogP contribution is -2.18. The van der Waals surface area contributed by atoms with Crippen molar-refractivity contribution in [2.75, 3.05) is 40.6 Å². The third-order valence-electron chi connectivity index (χ3n) is 2.39. The fourth-order valence-electron chi connectivity index (χ4n) is 1.50. The maximum Gasteiger partial charge on any atom is 0.161 e. The van der Waals surface area contributed by atoms with Gasteiger partial charge in [-0.3, -0.25) is 0 Å². The molecule has 0 aliphatic heterocycles. The van der Waals surface area contributed by atoms with Gasteiger partial charge in [0.1, 0.15) is 6.61 Å². The molecular weight excluding hydrogens is 270 g/mol. The molecule has 0 radical (unpaired) electrons. The summed E-state index contributed by atoms with van der Waals surface area (Å²) in [6.45, 7) is 2.50. The Morgan fingerprint density at radius 1 is 1.16 bits per heavy atom. The molecule has 1 aromatic carbocycles. The normalized spacial score (nSPS) is 9.84. The van der Waals surface area contributed by atoms with E-state index in [4.69, 9.17) is 19.3 Å². The van der Waals surface area contributed by atoms with Crippen LogP contribution >= 0.6 is 12.4 Å². The van der Waals surface area contributed by atoms with Crippen LogP contribution in [0.15, 0.2) is 18.2 Å². The van der Waals surface area contributed by atoms with Crippen LogP contribution in [0, 0.1) is 0 Å². The number of methoxy groups -OCH3 is 2. The molecule has 110 valence electrons. The summed E-state index contributed by atoms with van der Waals surface area (Å²) in [5.41, 5.74) is 1.11. The lowest BCUT2D eigenvalue weighted by Gasteiger charge is -2.12. The molecule has 5 nitrogen and oxygen atoms in total. The van der Waals surface area contributed by atoms with Crippen LogP contribution in [0.1, 0.15) is 5.56 Å². The molecule has 0 saturated heterocycles. The second-order valence-corrected chi connectivity index (χ2v) is 3.73. The van der Waals surface area contributed by atoms with Crippen molar-refractivity contribution < 1.29 is 19.3 Å². The van der Waals surface area contributed by atoms with Gasteiger partial charge < -0.3 is 24.6 Å². The Morgan fingerprint density at radius 2 is 1.95 bits per heavy atom. The molecule has 6 heteroatoms. The summed E-state index contributed by atoms with van der Waals surface area (Å²) in [4.78, 5) is 0. The van der Waals surface area contributed by atoms with Gasteiger partial charge in [-0.15, -0.1) is 12.4 Å². The summed E-state index contributed by atoms with van der Waals surface area (Å²) >= 11 is 0. The van der Waals surface area contributed by atoms with E-state index in [9.17, 15) is 0 Å². The van der Waals surface area contributed by atoms with Crippen LogP contribution in [0.5, 0.6) is 11.5 Å². The average Bonchev–Trinajstić information content (AvgIpc) is 2.41. The van der Waals surface area contributed by atoms with Crippen LogP contribution in [-0.4, -0.2) is 45.7 Å². The number of benzene rings is 1. The van der Waals surface area contributed by atoms with E-state index in [0.717, 1.165) is 18.7 Å². The van der Waals surface area contributed by atoms with Gasteiger partial charge in [-0.1, -0.05) is 6.07 Å². The second-order valence-electron chi connectivity index (χ2n) is 3.73. The molecule has 0 saturated carbocycles. The van der Waals surface area contributed by atoms with Gasteiger partial charge in [0, 0.05) is 20.2 Å². The molecule has 0 heterocycles. The monoisotopic (exact) mass is 291 g/mol. The number of hydrogen-bond donors (Lipinski definition) is 2. The molecule has 0 unspecified atom stereocenters. The van der Waals surface area contributed by atoms with Crippen molar-refractivity contribution in [3.05, 3.63) is 23.8 Å². The van der Waals surface area contributed by atoms with Crippen LogP contribution in [0.2, 0.25) is 0 Å². The Morgan fingerprint density at radius 3 is 2.58 bits per heavy atom. The van der Waals surface area contributed by atoms with E-state index in [-0.39, 0.29) is 25.6 Å². The fourth-order valence-corrected chi connectivity index (χ4v) is 1.50. The fraction of sp³-hybridized carbons (Fsp3) is 0.538. The van der Waals surface area contributed by atoms with Gasteiger partial charge in [0.25, 0.3) is 0 Å². The van der Waals surface area contributed by atoms with Gasteiger partial charge in [0.15, 0.2) is 11.5 Å². The molecule has 0 atom stereocenters. The average molecular weight is 292 g/mol. The van der Waals surface area contributed by atoms with E-state index in [1.54, 1.807) is 14.2 Å². The first-order valence-electron chi connectivity index (χ1n) is 5.92. The molecule has 2 N–H and O–H groups in total. The molecule has 0 aliphatic carbocycles. The Labute approximate surface area is 120 Å². The first-order valence-corrected chi connectivity index (χ1v) is 5.92. The number of rotatable bonds is 9. The number of hydrogen-bond acceptors (Lipinski definition) is 5. The first kappa shape index (κ1) is 18.0. The highest BCUT2D eigenvalue weighted by Gasteiger charge is 2.05. The lowest BCUT2D eigenvalue weighted by atomic mass is 10.2. The molecule has 0 bridgehead atoms. The van der Waals surface area contributed by atoms with Gasteiger partial charge in [-0.2, -0.15) is 0 Å². The highest BCUT2D eigenvalue weighted by Crippen LogP contribution is 2.27. The van der Waals surface area contributed by atoms with Crippen molar-refractivity contribution in [2.24, 2.45) is 0 Å². The minimum Gasteiger partial charge on any atom is -0.493 e. The number of nitrogens with one attached hydrogen (secondary N) is 1. The van der Waals surface area contributed by atoms with Gasteiger partial charge >= 0.3 is 0 Å². The van der Waals surface area contributed by atoms with Gasteiger partial charge in [-0.05, 0) is 17.7 Å². The highest BCUT2D eigenvalue weighted by molar-refractivity contribution is 5.85. The topological polar surface area (TPSA) is 60.0 Å². The van der Waals surface area contributed by atoms with Gasteiger partial charge in [0.2, 0.25) is 0 Å². The summed E-state index contributed by atoms with van der Waals surface area (Å²) < 4.78 is 15.6. The molecular formula is C13H22ClNO4. The molecule has 1 rings (SSSR count). The van der Waals surface area contributed by atoms with Crippen molar-refractivity contribution in [2.45, 2.75) is 6.54 Å². The molecule has 0 spiro atoms. The first-order chi connectivity index (χ1) is 8.81. The third kappa shape index (κ3) is 6.63. The molecule has 0 aromatic heterocycles. The predicted molar refractivity (Wildman–Crippen MR) is 76.4 cm³/mol. The summed E-state index contributed by atoms with van der Waals surface area (Å²) in [5.74, 6) is 1.32. The van der Waals surface area contributed by atoms with Gasteiger partial charge in [0.05, 0.1) is 20.3 Å². The van der Waals surface area contributed by atoms with Crippen LogP contribution in [0.3, 0.4) is 0 Å². The minimum absolute atomic E-state index is 0. The molecule has 0 amide bonds. The van der Waals surface area contributed by atoms with E-state index in [1.165, 1.54) is 0 Å². The van der Waals surface area contributed by atoms with Crippen molar-refractivity contribution in [1.29, 1.82) is 0 Å². The molecule has 0 fully saturated rings. The highest BCUT2D eigenvalue weighted by atomic mass is 35.5. The van der Waals surface area contributed by atoms with Crippen LogP contribution < -0.4 is 14.8 Å². The Hall–Kier alpha value is -1.01. The Bertz CT molecular complexity index is 349. The van der Waals surface area contributed by atoms with Crippen LogP contribution in [0.25, 0.3) is 0 Å². The molecule has 19 heavy (non-hydrogen) atoms. The largest absolute Gasteiger partial charge is 0.493 e. The summed E-state index contributed by atoms with van der Waals surface area (Å²) in [6.07, 6.45) is 0. The standard InChI is InChI=1S/C13H21NO4.ClH/c1-16-7-5-14-10-11-3-4-12(18-8-6-15)13(9-11)17-2;/h3-4,9,14-15H,5-8,10H2,1-2H3;1H. The predicted octanol–water partition coefficient (Wildman–Crippen LogP) is 1.22. The maximum absolute atomic E-state index is 8.72. The minimum atomic E-state index is -0.0104. The van der Waals surface area contributed by atoms with E-state index in [1.807, 2.05) is 18.2 Å². The summed E-state index contributed by atoms with van der Waals surface area (Å²) in [6, 6.07) is 5.74. The molecule has 1 aromatic rings. The van der Waals surface area contributed by atoms with Crippen molar-refractivity contribution in [3.8, 4) is 11.5 Å². The van der Waals surface area contributed by atoms with E-state index in [2.05, 4.69) is 5.32 Å². The number of aliphatic hydroxyl groups is 1. The van der Waals surface area contributed by atoms with E-state index in [0.29, 0.717) is 18.1 Å². The van der Waals surface area contributed by atoms with Crippen molar-refractivity contribution in [3.63, 3.8) is 0 Å². The Balaban J connectivity index is 0.00000324. The summed E-state index contributed by atoms with van der Waals surface area (Å²) in [5, 5.41) is 12.0. The van der Waals surface area contributed by atoms with E-state index < -0.39 is 0 Å². The van der Waals surface area contributed by atoms with Gasteiger partial charge in [-0.25, -0.2) is 0 Å². The van der Waals surface area contributed by atoms with Crippen molar-refractivity contribution in [1.82, 2.24) is 5.32 Å². The summed E-state index contributed by atoms with van der Waals surface area (Å²) in [7, 11) is 3.28. The number of ether oxygens (including phenoxy) is 3. The van der Waals surface area contributed by atoms with Crippen LogP contribution in [0.4, 0.5) is 0 Å². The van der Waals surface area contributed by atoms with Crippen LogP contribution in [-0.2, 0) is 11.3 Å². The lowest BCUT2D eigenvalue weighted by molar-refractivity contribution is 0.196. The third-order valence-corrected chi connectivity index (χ3v) is 2.39. The van der Waals surface area contributed by atoms with Crippen molar-refractivity contribution >= 4 is 12.4 Å². The number of halogens is 1. The maximum atomic E-state index is 8.72. The quantitative estimate of drug-likeness (QED) is 0.670. The SMILES string of the molecule is COCCNCc1ccc(OCCO)c(OC)c1.Cl. The zero-order valence-electron chi connectivity index (χ0n) is 11.3. The molecule has 0 aliphatic rings. The Kier molecular flexibility index (Phi) is 10.3. The second kappa shape index (κ2) is 10.9. The zero-order valence-corrected chi connectivity index (χ0v) is 12.2.